The maximum absolute atomic E-state index is 12.5. The Balaban J connectivity index is 2.29. The van der Waals surface area contributed by atoms with Gasteiger partial charge in [-0.1, -0.05) is 6.07 Å². The first-order valence-electron chi connectivity index (χ1n) is 6.62. The van der Waals surface area contributed by atoms with Crippen LogP contribution in [-0.4, -0.2) is 28.4 Å². The molecular weight excluding hydrogens is 330 g/mol. The Morgan fingerprint density at radius 3 is 2.78 bits per heavy atom. The normalized spacial score (nSPS) is 10.7. The zero-order chi connectivity index (χ0) is 16.8. The van der Waals surface area contributed by atoms with Crippen molar-refractivity contribution in [2.75, 3.05) is 6.61 Å². The average molecular weight is 344 g/mol. The van der Waals surface area contributed by atoms with Gasteiger partial charge in [0.1, 0.15) is 12.4 Å². The molecule has 1 heterocycles. The third kappa shape index (κ3) is 4.59. The standard InChI is InChI=1S/C14H14F2N2O4S/c1-2-20-13(19)9-4-3-5-11(22-14(15)16)10(9)8-21-12-6-7-18(23)17-12/h3-7,14,23H,2,8H2,1H3. The number of benzene rings is 1. The van der Waals surface area contributed by atoms with Gasteiger partial charge >= 0.3 is 12.6 Å². The molecule has 2 aromatic rings. The zero-order valence-electron chi connectivity index (χ0n) is 12.1. The van der Waals surface area contributed by atoms with Crippen molar-refractivity contribution in [2.24, 2.45) is 0 Å². The summed E-state index contributed by atoms with van der Waals surface area (Å²) in [4.78, 5) is 12.0. The molecule has 0 spiro atoms. The van der Waals surface area contributed by atoms with Gasteiger partial charge in [-0.25, -0.2) is 8.88 Å². The summed E-state index contributed by atoms with van der Waals surface area (Å²) in [6.07, 6.45) is 1.53. The van der Waals surface area contributed by atoms with E-state index in [0.717, 1.165) is 0 Å². The fourth-order valence-corrected chi connectivity index (χ4v) is 2.00. The van der Waals surface area contributed by atoms with Gasteiger partial charge in [0.2, 0.25) is 5.88 Å². The molecule has 0 atom stereocenters. The minimum atomic E-state index is -3.03. The quantitative estimate of drug-likeness (QED) is 0.618. The van der Waals surface area contributed by atoms with Crippen molar-refractivity contribution < 1.29 is 27.8 Å². The molecular formula is C14H14F2N2O4S. The lowest BCUT2D eigenvalue weighted by Gasteiger charge is -2.14. The molecule has 6 nitrogen and oxygen atoms in total. The monoisotopic (exact) mass is 344 g/mol. The molecule has 0 N–H and O–H groups in total. The molecule has 2 rings (SSSR count). The van der Waals surface area contributed by atoms with E-state index in [9.17, 15) is 13.6 Å². The summed E-state index contributed by atoms with van der Waals surface area (Å²) >= 11 is 3.96. The number of ether oxygens (including phenoxy) is 3. The highest BCUT2D eigenvalue weighted by atomic mass is 32.1. The van der Waals surface area contributed by atoms with Crippen LogP contribution in [0.4, 0.5) is 8.78 Å². The number of carbonyl (C=O) groups is 1. The number of carbonyl (C=O) groups excluding carboxylic acids is 1. The van der Waals surface area contributed by atoms with E-state index in [4.69, 9.17) is 9.47 Å². The average Bonchev–Trinajstić information content (AvgIpc) is 2.91. The lowest BCUT2D eigenvalue weighted by Crippen LogP contribution is -2.13. The highest BCUT2D eigenvalue weighted by Gasteiger charge is 2.19. The predicted molar refractivity (Wildman–Crippen MR) is 80.0 cm³/mol. The minimum absolute atomic E-state index is 0.0929. The Kier molecular flexibility index (Phi) is 5.80. The van der Waals surface area contributed by atoms with Gasteiger partial charge in [-0.3, -0.25) is 0 Å². The van der Waals surface area contributed by atoms with Gasteiger partial charge in [0.15, 0.2) is 0 Å². The Bertz CT molecular complexity index is 679. The number of thiol groups is 1. The largest absolute Gasteiger partial charge is 0.472 e. The molecule has 0 saturated carbocycles. The molecule has 0 radical (unpaired) electrons. The van der Waals surface area contributed by atoms with E-state index in [1.807, 2.05) is 0 Å². The van der Waals surface area contributed by atoms with Gasteiger partial charge in [-0.15, -0.1) is 5.10 Å². The second kappa shape index (κ2) is 7.82. The third-order valence-corrected chi connectivity index (χ3v) is 2.98. The van der Waals surface area contributed by atoms with E-state index in [-0.39, 0.29) is 36.0 Å². The van der Waals surface area contributed by atoms with Crippen LogP contribution in [0.3, 0.4) is 0 Å². The van der Waals surface area contributed by atoms with Crippen LogP contribution in [-0.2, 0) is 11.3 Å². The summed E-state index contributed by atoms with van der Waals surface area (Å²) in [6.45, 7) is -1.42. The molecule has 0 aliphatic carbocycles. The Morgan fingerprint density at radius 2 is 2.17 bits per heavy atom. The molecule has 0 amide bonds. The van der Waals surface area contributed by atoms with E-state index in [0.29, 0.717) is 0 Å². The minimum Gasteiger partial charge on any atom is -0.472 e. The fraction of sp³-hybridized carbons (Fsp3) is 0.286. The van der Waals surface area contributed by atoms with Gasteiger partial charge in [0.05, 0.1) is 12.2 Å². The second-order valence-electron chi connectivity index (χ2n) is 4.24. The first-order chi connectivity index (χ1) is 11.0. The van der Waals surface area contributed by atoms with Crippen molar-refractivity contribution in [2.45, 2.75) is 20.1 Å². The molecule has 1 aromatic heterocycles. The lowest BCUT2D eigenvalue weighted by atomic mass is 10.1. The number of halogens is 2. The first-order valence-corrected chi connectivity index (χ1v) is 7.02. The van der Waals surface area contributed by atoms with E-state index < -0.39 is 12.6 Å². The molecule has 0 unspecified atom stereocenters. The van der Waals surface area contributed by atoms with E-state index >= 15 is 0 Å². The van der Waals surface area contributed by atoms with Crippen molar-refractivity contribution >= 4 is 18.8 Å². The Labute approximate surface area is 136 Å². The zero-order valence-corrected chi connectivity index (χ0v) is 13.0. The highest BCUT2D eigenvalue weighted by Crippen LogP contribution is 2.26. The summed E-state index contributed by atoms with van der Waals surface area (Å²) in [7, 11) is 0. The summed E-state index contributed by atoms with van der Waals surface area (Å²) in [5.74, 6) is -0.581. The van der Waals surface area contributed by atoms with Crippen LogP contribution >= 0.6 is 12.8 Å². The molecule has 0 bridgehead atoms. The van der Waals surface area contributed by atoms with Crippen molar-refractivity contribution in [1.82, 2.24) is 9.19 Å². The van der Waals surface area contributed by atoms with Crippen LogP contribution in [0.25, 0.3) is 0 Å². The fourth-order valence-electron chi connectivity index (χ4n) is 1.84. The predicted octanol–water partition coefficient (Wildman–Crippen LogP) is 2.93. The van der Waals surface area contributed by atoms with Crippen molar-refractivity contribution in [3.05, 3.63) is 41.6 Å². The van der Waals surface area contributed by atoms with E-state index in [1.54, 1.807) is 6.92 Å². The van der Waals surface area contributed by atoms with Gasteiger partial charge in [-0.2, -0.15) is 8.78 Å². The SMILES string of the molecule is CCOC(=O)c1cccc(OC(F)F)c1COc1ccn(S)n1. The third-order valence-electron chi connectivity index (χ3n) is 2.76. The summed E-state index contributed by atoms with van der Waals surface area (Å²) in [5, 5.41) is 3.88. The lowest BCUT2D eigenvalue weighted by molar-refractivity contribution is -0.0509. The van der Waals surface area contributed by atoms with Crippen LogP contribution in [0.1, 0.15) is 22.8 Å². The molecule has 0 aliphatic heterocycles. The summed E-state index contributed by atoms with van der Waals surface area (Å²) < 4.78 is 41.1. The number of alkyl halides is 2. The molecule has 124 valence electrons. The summed E-state index contributed by atoms with van der Waals surface area (Å²) in [6, 6.07) is 5.74. The maximum Gasteiger partial charge on any atom is 0.387 e. The van der Waals surface area contributed by atoms with Crippen LogP contribution in [0, 0.1) is 0 Å². The molecule has 1 aromatic carbocycles. The van der Waals surface area contributed by atoms with Gasteiger partial charge in [0, 0.05) is 17.8 Å². The highest BCUT2D eigenvalue weighted by molar-refractivity contribution is 7.78. The molecule has 23 heavy (non-hydrogen) atoms. The maximum atomic E-state index is 12.5. The van der Waals surface area contributed by atoms with Crippen molar-refractivity contribution in [1.29, 1.82) is 0 Å². The number of hydrogen-bond donors (Lipinski definition) is 1. The van der Waals surface area contributed by atoms with Gasteiger partial charge < -0.3 is 14.2 Å². The summed E-state index contributed by atoms with van der Waals surface area (Å²) in [5.41, 5.74) is 0.246. The Morgan fingerprint density at radius 1 is 1.39 bits per heavy atom. The van der Waals surface area contributed by atoms with E-state index in [1.165, 1.54) is 34.5 Å². The van der Waals surface area contributed by atoms with Crippen molar-refractivity contribution in [3.8, 4) is 11.6 Å². The molecule has 9 heteroatoms. The van der Waals surface area contributed by atoms with Gasteiger partial charge in [0.25, 0.3) is 0 Å². The van der Waals surface area contributed by atoms with Crippen molar-refractivity contribution in [3.63, 3.8) is 0 Å². The number of nitrogens with zero attached hydrogens (tertiary/aromatic N) is 2. The van der Waals surface area contributed by atoms with Crippen LogP contribution in [0.2, 0.25) is 0 Å². The molecule has 0 fully saturated rings. The first kappa shape index (κ1) is 17.1. The second-order valence-corrected chi connectivity index (χ2v) is 4.65. The number of esters is 1. The Hall–Kier alpha value is -2.29. The van der Waals surface area contributed by atoms with Crippen LogP contribution in [0.5, 0.6) is 11.6 Å². The van der Waals surface area contributed by atoms with E-state index in [2.05, 4.69) is 22.7 Å². The van der Waals surface area contributed by atoms with Gasteiger partial charge in [-0.05, 0) is 31.9 Å². The molecule has 0 aliphatic rings. The molecule has 0 saturated heterocycles. The number of rotatable bonds is 7. The topological polar surface area (TPSA) is 62.6 Å². The number of hydrogen-bond acceptors (Lipinski definition) is 6. The smallest absolute Gasteiger partial charge is 0.387 e. The number of aromatic nitrogens is 2. The van der Waals surface area contributed by atoms with Crippen LogP contribution in [0.15, 0.2) is 30.5 Å². The van der Waals surface area contributed by atoms with Crippen LogP contribution < -0.4 is 9.47 Å².